The van der Waals surface area contributed by atoms with Crippen LogP contribution < -0.4 is 0 Å². The van der Waals surface area contributed by atoms with Crippen molar-refractivity contribution in [3.63, 3.8) is 0 Å². The monoisotopic (exact) mass is 376 g/mol. The van der Waals surface area contributed by atoms with Gasteiger partial charge in [0, 0.05) is 39.4 Å². The van der Waals surface area contributed by atoms with E-state index in [0.717, 1.165) is 12.8 Å². The molecule has 4 rings (SSSR count). The number of pyridine rings is 1. The average molecular weight is 376 g/mol. The zero-order valence-corrected chi connectivity index (χ0v) is 16.2. The van der Waals surface area contributed by atoms with E-state index in [1.165, 1.54) is 16.7 Å². The van der Waals surface area contributed by atoms with Crippen molar-refractivity contribution in [3.8, 4) is 0 Å². The fraction of sp³-hybridized carbons (Fsp3) is 0.556. The second kappa shape index (κ2) is 7.65. The molecule has 0 spiro atoms. The SMILES string of the molecule is CSc1ncccc1C(=O)N1C[C@@H]2CC[C@H](C1)N(CC(=O)N(C)C)C2=O. The fourth-order valence-electron chi connectivity index (χ4n) is 3.59. The third kappa shape index (κ3) is 3.56. The van der Waals surface area contributed by atoms with Crippen molar-refractivity contribution >= 4 is 29.5 Å². The molecule has 2 atom stereocenters. The quantitative estimate of drug-likeness (QED) is 0.732. The first-order valence-electron chi connectivity index (χ1n) is 8.71. The van der Waals surface area contributed by atoms with Crippen LogP contribution in [0.15, 0.2) is 23.4 Å². The summed E-state index contributed by atoms with van der Waals surface area (Å²) in [6.45, 7) is 0.950. The lowest BCUT2D eigenvalue weighted by Crippen LogP contribution is -2.51. The van der Waals surface area contributed by atoms with Crippen LogP contribution in [0.1, 0.15) is 23.2 Å². The van der Waals surface area contributed by atoms with Gasteiger partial charge in [0.15, 0.2) is 0 Å². The number of likely N-dealkylation sites (N-methyl/N-ethyl adjacent to an activating group) is 1. The average Bonchev–Trinajstić information content (AvgIpc) is 2.93. The highest BCUT2D eigenvalue weighted by atomic mass is 32.2. The predicted molar refractivity (Wildman–Crippen MR) is 98.8 cm³/mol. The van der Waals surface area contributed by atoms with Crippen molar-refractivity contribution < 1.29 is 14.4 Å². The number of piperidine rings is 1. The van der Waals surface area contributed by atoms with Crippen LogP contribution >= 0.6 is 11.8 Å². The number of hydrogen-bond donors (Lipinski definition) is 0. The van der Waals surface area contributed by atoms with E-state index in [-0.39, 0.29) is 36.2 Å². The van der Waals surface area contributed by atoms with Gasteiger partial charge in [0.1, 0.15) is 11.6 Å². The first-order valence-corrected chi connectivity index (χ1v) is 9.93. The summed E-state index contributed by atoms with van der Waals surface area (Å²) in [4.78, 5) is 47.2. The van der Waals surface area contributed by atoms with Crippen LogP contribution in [0, 0.1) is 5.92 Å². The van der Waals surface area contributed by atoms with Crippen LogP contribution in [0.3, 0.4) is 0 Å². The van der Waals surface area contributed by atoms with Gasteiger partial charge < -0.3 is 14.7 Å². The second-order valence-corrected chi connectivity index (χ2v) is 7.75. The molecule has 0 aliphatic carbocycles. The molecule has 8 heteroatoms. The molecular weight excluding hydrogens is 352 g/mol. The highest BCUT2D eigenvalue weighted by Gasteiger charge is 2.43. The van der Waals surface area contributed by atoms with Crippen molar-refractivity contribution in [2.45, 2.75) is 23.9 Å². The largest absolute Gasteiger partial charge is 0.347 e. The van der Waals surface area contributed by atoms with Crippen LogP contribution in [-0.2, 0) is 9.59 Å². The third-order valence-corrected chi connectivity index (χ3v) is 5.79. The Hall–Kier alpha value is -2.09. The molecule has 0 N–H and O–H groups in total. The summed E-state index contributed by atoms with van der Waals surface area (Å²) in [5, 5.41) is 0.695. The number of rotatable bonds is 4. The molecule has 0 aromatic carbocycles. The first kappa shape index (κ1) is 18.7. The van der Waals surface area contributed by atoms with Crippen molar-refractivity contribution in [3.05, 3.63) is 23.9 Å². The van der Waals surface area contributed by atoms with E-state index in [4.69, 9.17) is 0 Å². The summed E-state index contributed by atoms with van der Waals surface area (Å²) < 4.78 is 0. The van der Waals surface area contributed by atoms with Crippen LogP contribution in [0.5, 0.6) is 0 Å². The predicted octanol–water partition coefficient (Wildman–Crippen LogP) is 0.955. The Labute approximate surface area is 157 Å². The number of thioether (sulfide) groups is 1. The van der Waals surface area contributed by atoms with Crippen molar-refractivity contribution in [1.29, 1.82) is 0 Å². The molecule has 3 saturated heterocycles. The highest BCUT2D eigenvalue weighted by Crippen LogP contribution is 2.30. The van der Waals surface area contributed by atoms with E-state index < -0.39 is 0 Å². The van der Waals surface area contributed by atoms with E-state index in [9.17, 15) is 14.4 Å². The maximum absolute atomic E-state index is 13.1. The molecule has 3 fully saturated rings. The Kier molecular flexibility index (Phi) is 5.50. The zero-order valence-electron chi connectivity index (χ0n) is 15.3. The lowest BCUT2D eigenvalue weighted by atomic mass is 9.94. The topological polar surface area (TPSA) is 73.8 Å². The molecule has 4 heterocycles. The summed E-state index contributed by atoms with van der Waals surface area (Å²) in [6, 6.07) is 3.43. The molecule has 2 bridgehead atoms. The number of nitrogens with zero attached hydrogens (tertiary/aromatic N) is 4. The molecule has 3 aliphatic heterocycles. The van der Waals surface area contributed by atoms with Gasteiger partial charge in [0.05, 0.1) is 11.5 Å². The van der Waals surface area contributed by atoms with Gasteiger partial charge in [-0.3, -0.25) is 14.4 Å². The smallest absolute Gasteiger partial charge is 0.256 e. The molecule has 0 unspecified atom stereocenters. The Balaban J connectivity index is 1.82. The van der Waals surface area contributed by atoms with E-state index >= 15 is 0 Å². The lowest BCUT2D eigenvalue weighted by molar-refractivity contribution is -0.145. The van der Waals surface area contributed by atoms with Gasteiger partial charge in [0.25, 0.3) is 5.91 Å². The fourth-order valence-corrected chi connectivity index (χ4v) is 4.13. The minimum absolute atomic E-state index is 0.0111. The van der Waals surface area contributed by atoms with Crippen LogP contribution in [0.4, 0.5) is 0 Å². The molecule has 3 aliphatic rings. The van der Waals surface area contributed by atoms with E-state index in [2.05, 4.69) is 4.98 Å². The van der Waals surface area contributed by atoms with Gasteiger partial charge in [-0.1, -0.05) is 0 Å². The van der Waals surface area contributed by atoms with Crippen molar-refractivity contribution in [2.24, 2.45) is 5.92 Å². The van der Waals surface area contributed by atoms with Crippen molar-refractivity contribution in [2.75, 3.05) is 40.0 Å². The molecule has 1 aromatic rings. The van der Waals surface area contributed by atoms with Crippen LogP contribution in [-0.4, -0.2) is 83.4 Å². The maximum Gasteiger partial charge on any atom is 0.256 e. The maximum atomic E-state index is 13.1. The number of aromatic nitrogens is 1. The van der Waals surface area contributed by atoms with Gasteiger partial charge >= 0.3 is 0 Å². The van der Waals surface area contributed by atoms with E-state index in [0.29, 0.717) is 23.7 Å². The van der Waals surface area contributed by atoms with Gasteiger partial charge in [-0.15, -0.1) is 11.8 Å². The Morgan fingerprint density at radius 3 is 2.77 bits per heavy atom. The summed E-state index contributed by atoms with van der Waals surface area (Å²) in [6.07, 6.45) is 5.15. The Morgan fingerprint density at radius 1 is 1.31 bits per heavy atom. The van der Waals surface area contributed by atoms with Gasteiger partial charge in [0.2, 0.25) is 11.8 Å². The number of hydrogen-bond acceptors (Lipinski definition) is 5. The highest BCUT2D eigenvalue weighted by molar-refractivity contribution is 7.98. The molecule has 3 amide bonds. The molecule has 140 valence electrons. The molecule has 26 heavy (non-hydrogen) atoms. The zero-order chi connectivity index (χ0) is 18.8. The van der Waals surface area contributed by atoms with Gasteiger partial charge in [-0.25, -0.2) is 4.98 Å². The normalized spacial score (nSPS) is 22.3. The number of carbonyl (C=O) groups is 3. The summed E-state index contributed by atoms with van der Waals surface area (Å²) in [5.41, 5.74) is 0.574. The molecule has 0 saturated carbocycles. The number of carbonyl (C=O) groups excluding carboxylic acids is 3. The second-order valence-electron chi connectivity index (χ2n) is 6.95. The first-order chi connectivity index (χ1) is 12.4. The number of amides is 3. The molecular formula is C18H24N4O3S. The van der Waals surface area contributed by atoms with E-state index in [1.54, 1.807) is 42.2 Å². The van der Waals surface area contributed by atoms with Crippen LogP contribution in [0.2, 0.25) is 0 Å². The molecule has 1 aromatic heterocycles. The Morgan fingerprint density at radius 2 is 2.08 bits per heavy atom. The Bertz CT molecular complexity index is 724. The standard InChI is InChI=1S/C18H24N4O3S/c1-20(2)15(23)11-22-13-7-6-12(17(22)24)9-21(10-13)18(25)14-5-4-8-19-16(14)26-3/h4-5,8,12-13H,6-7,9-11H2,1-3H3/t12-,13+/m0/s1. The molecule has 7 nitrogen and oxygen atoms in total. The molecule has 0 radical (unpaired) electrons. The van der Waals surface area contributed by atoms with Crippen LogP contribution in [0.25, 0.3) is 0 Å². The van der Waals surface area contributed by atoms with Gasteiger partial charge in [-0.05, 0) is 31.2 Å². The minimum Gasteiger partial charge on any atom is -0.347 e. The van der Waals surface area contributed by atoms with Crippen molar-refractivity contribution in [1.82, 2.24) is 19.7 Å². The van der Waals surface area contributed by atoms with Gasteiger partial charge in [-0.2, -0.15) is 0 Å². The summed E-state index contributed by atoms with van der Waals surface area (Å²) >= 11 is 1.44. The summed E-state index contributed by atoms with van der Waals surface area (Å²) in [7, 11) is 3.37. The lowest BCUT2D eigenvalue weighted by Gasteiger charge is -2.35. The number of fused-ring (bicyclic) bond motifs is 4. The van der Waals surface area contributed by atoms with E-state index in [1.807, 2.05) is 6.26 Å². The third-order valence-electron chi connectivity index (χ3n) is 5.08. The summed E-state index contributed by atoms with van der Waals surface area (Å²) in [5.74, 6) is -0.432. The minimum atomic E-state index is -0.234.